The van der Waals surface area contributed by atoms with Gasteiger partial charge in [0.05, 0.1) is 5.56 Å². The number of esters is 1. The van der Waals surface area contributed by atoms with Crippen molar-refractivity contribution in [2.45, 2.75) is 52.6 Å². The van der Waals surface area contributed by atoms with Crippen LogP contribution in [0.15, 0.2) is 42.5 Å². The molecule has 2 nitrogen and oxygen atoms in total. The average molecular weight is 298 g/mol. The van der Waals surface area contributed by atoms with E-state index in [4.69, 9.17) is 4.74 Å². The molecule has 1 fully saturated rings. The average Bonchev–Trinajstić information content (AvgIpc) is 2.49. The summed E-state index contributed by atoms with van der Waals surface area (Å²) in [6.45, 7) is 6.94. The highest BCUT2D eigenvalue weighted by Crippen LogP contribution is 2.55. The number of carbonyl (C=O) groups is 1. The molecule has 0 radical (unpaired) electrons. The summed E-state index contributed by atoms with van der Waals surface area (Å²) in [4.78, 5) is 12.5. The van der Waals surface area contributed by atoms with Crippen molar-refractivity contribution in [1.29, 1.82) is 0 Å². The van der Waals surface area contributed by atoms with E-state index in [0.29, 0.717) is 11.5 Å². The van der Waals surface area contributed by atoms with Crippen LogP contribution in [0.4, 0.5) is 0 Å². The van der Waals surface area contributed by atoms with Gasteiger partial charge in [-0.15, -0.1) is 0 Å². The van der Waals surface area contributed by atoms with Gasteiger partial charge in [-0.2, -0.15) is 0 Å². The molecule has 0 heterocycles. The molecule has 2 aliphatic rings. The highest BCUT2D eigenvalue weighted by atomic mass is 16.5. The van der Waals surface area contributed by atoms with Crippen LogP contribution >= 0.6 is 0 Å². The van der Waals surface area contributed by atoms with Crippen LogP contribution in [-0.4, -0.2) is 12.1 Å². The number of hydrogen-bond donors (Lipinski definition) is 0. The Morgan fingerprint density at radius 3 is 2.59 bits per heavy atom. The normalized spacial score (nSPS) is 33.0. The van der Waals surface area contributed by atoms with Crippen molar-refractivity contribution in [2.24, 2.45) is 16.7 Å². The molecule has 118 valence electrons. The van der Waals surface area contributed by atoms with Crippen molar-refractivity contribution in [2.75, 3.05) is 0 Å². The Kier molecular flexibility index (Phi) is 3.88. The molecule has 3 unspecified atom stereocenters. The minimum Gasteiger partial charge on any atom is -0.458 e. The highest BCUT2D eigenvalue weighted by molar-refractivity contribution is 5.89. The van der Waals surface area contributed by atoms with Crippen LogP contribution in [-0.2, 0) is 4.74 Å². The summed E-state index contributed by atoms with van der Waals surface area (Å²) in [5.41, 5.74) is 0.894. The largest absolute Gasteiger partial charge is 0.458 e. The molecule has 0 saturated heterocycles. The van der Waals surface area contributed by atoms with Gasteiger partial charge in [0.2, 0.25) is 0 Å². The van der Waals surface area contributed by atoms with Crippen LogP contribution in [0, 0.1) is 16.7 Å². The van der Waals surface area contributed by atoms with Crippen molar-refractivity contribution < 1.29 is 9.53 Å². The van der Waals surface area contributed by atoms with E-state index in [2.05, 4.69) is 32.9 Å². The SMILES string of the molecule is CC1(C)C=CCC2(C)C(OC(=O)c3ccccc3)CCCC12. The molecule has 2 heteroatoms. The summed E-state index contributed by atoms with van der Waals surface area (Å²) in [6, 6.07) is 9.34. The quantitative estimate of drug-likeness (QED) is 0.567. The Hall–Kier alpha value is -1.57. The molecule has 1 aromatic rings. The summed E-state index contributed by atoms with van der Waals surface area (Å²) in [6.07, 6.45) is 9.01. The van der Waals surface area contributed by atoms with Crippen molar-refractivity contribution in [3.05, 3.63) is 48.0 Å². The lowest BCUT2D eigenvalue weighted by atomic mass is 9.53. The molecule has 3 atom stereocenters. The van der Waals surface area contributed by atoms with Crippen LogP contribution in [0.5, 0.6) is 0 Å². The zero-order valence-corrected chi connectivity index (χ0v) is 13.8. The number of ether oxygens (including phenoxy) is 1. The Morgan fingerprint density at radius 1 is 1.14 bits per heavy atom. The maximum Gasteiger partial charge on any atom is 0.338 e. The van der Waals surface area contributed by atoms with Gasteiger partial charge in [0.25, 0.3) is 0 Å². The number of allylic oxidation sites excluding steroid dienone is 2. The van der Waals surface area contributed by atoms with Gasteiger partial charge in [0.15, 0.2) is 0 Å². The van der Waals surface area contributed by atoms with Gasteiger partial charge in [-0.3, -0.25) is 0 Å². The fourth-order valence-corrected chi connectivity index (χ4v) is 4.58. The predicted molar refractivity (Wildman–Crippen MR) is 88.6 cm³/mol. The minimum absolute atomic E-state index is 0.0168. The first-order valence-electron chi connectivity index (χ1n) is 8.37. The van der Waals surface area contributed by atoms with Gasteiger partial charge in [0, 0.05) is 5.41 Å². The summed E-state index contributed by atoms with van der Waals surface area (Å²) in [5, 5.41) is 0. The number of rotatable bonds is 2. The lowest BCUT2D eigenvalue weighted by Crippen LogP contribution is -2.51. The molecular weight excluding hydrogens is 272 g/mol. The summed E-state index contributed by atoms with van der Waals surface area (Å²) in [7, 11) is 0. The molecular formula is C20H26O2. The first-order chi connectivity index (χ1) is 10.4. The van der Waals surface area contributed by atoms with Gasteiger partial charge in [-0.05, 0) is 49.1 Å². The Balaban J connectivity index is 1.82. The highest BCUT2D eigenvalue weighted by Gasteiger charge is 2.51. The van der Waals surface area contributed by atoms with Crippen LogP contribution in [0.2, 0.25) is 0 Å². The molecule has 2 aliphatic carbocycles. The summed E-state index contributed by atoms with van der Waals surface area (Å²) >= 11 is 0. The second-order valence-electron chi connectivity index (χ2n) is 7.68. The van der Waals surface area contributed by atoms with E-state index < -0.39 is 0 Å². The first-order valence-corrected chi connectivity index (χ1v) is 8.37. The zero-order valence-electron chi connectivity index (χ0n) is 13.8. The van der Waals surface area contributed by atoms with E-state index in [1.165, 1.54) is 6.42 Å². The van der Waals surface area contributed by atoms with Crippen LogP contribution in [0.1, 0.15) is 56.8 Å². The second-order valence-corrected chi connectivity index (χ2v) is 7.68. The third-order valence-electron chi connectivity index (χ3n) is 5.75. The molecule has 0 amide bonds. The maximum atomic E-state index is 12.5. The van der Waals surface area contributed by atoms with Gasteiger partial charge >= 0.3 is 5.97 Å². The third-order valence-corrected chi connectivity index (χ3v) is 5.75. The fraction of sp³-hybridized carbons (Fsp3) is 0.550. The Labute approximate surface area is 133 Å². The molecule has 0 N–H and O–H groups in total. The van der Waals surface area contributed by atoms with Gasteiger partial charge in [0.1, 0.15) is 6.10 Å². The van der Waals surface area contributed by atoms with Crippen LogP contribution < -0.4 is 0 Å². The van der Waals surface area contributed by atoms with Crippen molar-refractivity contribution in [1.82, 2.24) is 0 Å². The fourth-order valence-electron chi connectivity index (χ4n) is 4.58. The lowest BCUT2D eigenvalue weighted by Gasteiger charge is -2.54. The lowest BCUT2D eigenvalue weighted by molar-refractivity contribution is -0.0885. The van der Waals surface area contributed by atoms with E-state index in [1.807, 2.05) is 30.3 Å². The standard InChI is InChI=1S/C20H26O2/c1-19(2)13-8-14-20(3)16(19)11-7-12-17(20)22-18(21)15-9-5-4-6-10-15/h4-6,8-10,13,16-17H,7,11-12,14H2,1-3H3. The molecule has 0 aromatic heterocycles. The second kappa shape index (κ2) is 5.57. The topological polar surface area (TPSA) is 26.3 Å². The summed E-state index contributed by atoms with van der Waals surface area (Å²) < 4.78 is 5.97. The monoisotopic (exact) mass is 298 g/mol. The number of carbonyl (C=O) groups excluding carboxylic acids is 1. The molecule has 0 bridgehead atoms. The maximum absolute atomic E-state index is 12.5. The molecule has 0 spiro atoms. The molecule has 0 aliphatic heterocycles. The Morgan fingerprint density at radius 2 is 1.86 bits per heavy atom. The third kappa shape index (κ3) is 2.60. The molecule has 1 saturated carbocycles. The number of fused-ring (bicyclic) bond motifs is 1. The van der Waals surface area contributed by atoms with Gasteiger partial charge in [-0.1, -0.05) is 51.1 Å². The molecule has 1 aromatic carbocycles. The number of hydrogen-bond acceptors (Lipinski definition) is 2. The molecule has 3 rings (SSSR count). The van der Waals surface area contributed by atoms with Crippen molar-refractivity contribution in [3.8, 4) is 0 Å². The van der Waals surface area contributed by atoms with E-state index >= 15 is 0 Å². The van der Waals surface area contributed by atoms with Gasteiger partial charge < -0.3 is 4.74 Å². The van der Waals surface area contributed by atoms with E-state index in [9.17, 15) is 4.79 Å². The number of benzene rings is 1. The smallest absolute Gasteiger partial charge is 0.338 e. The van der Waals surface area contributed by atoms with Crippen LogP contribution in [0.25, 0.3) is 0 Å². The zero-order chi connectivity index (χ0) is 15.8. The summed E-state index contributed by atoms with van der Waals surface area (Å²) in [5.74, 6) is 0.396. The molecule has 22 heavy (non-hydrogen) atoms. The van der Waals surface area contributed by atoms with Gasteiger partial charge in [-0.25, -0.2) is 4.79 Å². The van der Waals surface area contributed by atoms with E-state index in [-0.39, 0.29) is 22.9 Å². The first kappa shape index (κ1) is 15.3. The van der Waals surface area contributed by atoms with Crippen LogP contribution in [0.3, 0.4) is 0 Å². The van der Waals surface area contributed by atoms with E-state index in [1.54, 1.807) is 0 Å². The van der Waals surface area contributed by atoms with E-state index in [0.717, 1.165) is 19.3 Å². The van der Waals surface area contributed by atoms with Crippen molar-refractivity contribution >= 4 is 5.97 Å². The Bertz CT molecular complexity index is 573. The predicted octanol–water partition coefficient (Wildman–Crippen LogP) is 5.00. The van der Waals surface area contributed by atoms with Crippen molar-refractivity contribution in [3.63, 3.8) is 0 Å². The minimum atomic E-state index is -0.181.